The zero-order valence-corrected chi connectivity index (χ0v) is 30.5. The van der Waals surface area contributed by atoms with Gasteiger partial charge >= 0.3 is 5.91 Å². The van der Waals surface area contributed by atoms with Gasteiger partial charge in [-0.2, -0.15) is 5.01 Å². The number of nitrogens with one attached hydrogen (secondary N) is 2. The van der Waals surface area contributed by atoms with Crippen LogP contribution in [0.25, 0.3) is 0 Å². The lowest BCUT2D eigenvalue weighted by Gasteiger charge is -2.22. The lowest BCUT2D eigenvalue weighted by atomic mass is 10.1. The number of hydrogen-bond acceptors (Lipinski definition) is 8. The van der Waals surface area contributed by atoms with Crippen LogP contribution in [0.2, 0.25) is 15.1 Å². The summed E-state index contributed by atoms with van der Waals surface area (Å²) in [6, 6.07) is 20.2. The number of halogens is 3. The smallest absolute Gasteiger partial charge is 0.301 e. The van der Waals surface area contributed by atoms with Crippen LogP contribution in [0.4, 0.5) is 22.7 Å². The molecule has 4 aromatic rings. The van der Waals surface area contributed by atoms with E-state index in [9.17, 15) is 19.5 Å². The Bertz CT molecular complexity index is 2050. The largest absolute Gasteiger partial charge is 0.483 e. The molecule has 1 aliphatic rings. The zero-order chi connectivity index (χ0) is 36.8. The van der Waals surface area contributed by atoms with E-state index in [0.717, 1.165) is 27.4 Å². The normalized spacial score (nSPS) is 13.3. The molecule has 4 aromatic carbocycles. The number of rotatable bonds is 11. The van der Waals surface area contributed by atoms with Gasteiger partial charge in [0.05, 0.1) is 22.3 Å². The van der Waals surface area contributed by atoms with Crippen molar-refractivity contribution in [3.63, 3.8) is 0 Å². The summed E-state index contributed by atoms with van der Waals surface area (Å²) in [7, 11) is 0. The molecule has 14 heteroatoms. The van der Waals surface area contributed by atoms with Gasteiger partial charge in [-0.1, -0.05) is 58.6 Å². The molecule has 51 heavy (non-hydrogen) atoms. The first-order chi connectivity index (χ1) is 24.4. The number of aliphatic imine (C=N–C) groups is 1. The van der Waals surface area contributed by atoms with Crippen molar-refractivity contribution < 1.29 is 24.2 Å². The number of hydrazone groups is 1. The number of anilines is 3. The van der Waals surface area contributed by atoms with Crippen LogP contribution >= 0.6 is 34.8 Å². The molecule has 3 amide bonds. The molecule has 0 unspecified atom stereocenters. The molecule has 11 nitrogen and oxygen atoms in total. The fraction of sp³-hybridized carbons (Fsp3) is 0.216. The first-order valence-electron chi connectivity index (χ1n) is 15.9. The summed E-state index contributed by atoms with van der Waals surface area (Å²) >= 11 is 19.0. The van der Waals surface area contributed by atoms with E-state index in [1.54, 1.807) is 24.3 Å². The summed E-state index contributed by atoms with van der Waals surface area (Å²) in [4.78, 5) is 46.9. The van der Waals surface area contributed by atoms with E-state index >= 15 is 0 Å². The van der Waals surface area contributed by atoms with Gasteiger partial charge in [0.25, 0.3) is 11.8 Å². The van der Waals surface area contributed by atoms with Crippen molar-refractivity contribution in [2.75, 3.05) is 41.5 Å². The van der Waals surface area contributed by atoms with Crippen molar-refractivity contribution in [1.82, 2.24) is 5.32 Å². The Morgan fingerprint density at radius 3 is 2.35 bits per heavy atom. The number of carbonyl (C=O) groups is 3. The number of amides is 3. The number of aliphatic hydroxyl groups excluding tert-OH is 1. The van der Waals surface area contributed by atoms with Crippen molar-refractivity contribution in [3.05, 3.63) is 110 Å². The second kappa shape index (κ2) is 16.4. The summed E-state index contributed by atoms with van der Waals surface area (Å²) in [5, 5.41) is 20.6. The highest BCUT2D eigenvalue weighted by Gasteiger charge is 2.37. The fourth-order valence-electron chi connectivity index (χ4n) is 5.36. The van der Waals surface area contributed by atoms with Gasteiger partial charge in [-0.15, -0.1) is 5.10 Å². The van der Waals surface area contributed by atoms with Crippen molar-refractivity contribution in [1.29, 1.82) is 0 Å². The maximum Gasteiger partial charge on any atom is 0.301 e. The Hall–Kier alpha value is -4.94. The summed E-state index contributed by atoms with van der Waals surface area (Å²) in [6.45, 7) is 8.58. The highest BCUT2D eigenvalue weighted by molar-refractivity contribution is 6.72. The van der Waals surface area contributed by atoms with Crippen LogP contribution in [-0.4, -0.2) is 60.7 Å². The third-order valence-corrected chi connectivity index (χ3v) is 8.67. The number of benzene rings is 4. The molecule has 0 aromatic heterocycles. The number of amidine groups is 1. The predicted molar refractivity (Wildman–Crippen MR) is 204 cm³/mol. The highest BCUT2D eigenvalue weighted by Crippen LogP contribution is 2.38. The number of hydrogen-bond donors (Lipinski definition) is 3. The third-order valence-electron chi connectivity index (χ3n) is 7.87. The Kier molecular flexibility index (Phi) is 12.0. The van der Waals surface area contributed by atoms with Gasteiger partial charge in [-0.05, 0) is 93.4 Å². The Labute approximate surface area is 310 Å². The van der Waals surface area contributed by atoms with Gasteiger partial charge in [0.15, 0.2) is 18.2 Å². The van der Waals surface area contributed by atoms with Crippen LogP contribution in [0.3, 0.4) is 0 Å². The first-order valence-corrected chi connectivity index (χ1v) is 17.1. The van der Waals surface area contributed by atoms with Crippen LogP contribution in [0.1, 0.15) is 34.0 Å². The molecule has 5 rings (SSSR count). The van der Waals surface area contributed by atoms with Crippen molar-refractivity contribution >= 4 is 86.8 Å². The Morgan fingerprint density at radius 2 is 1.69 bits per heavy atom. The molecular weight excluding hydrogens is 715 g/mol. The van der Waals surface area contributed by atoms with Crippen LogP contribution in [0.15, 0.2) is 82.9 Å². The van der Waals surface area contributed by atoms with E-state index in [0.29, 0.717) is 30.2 Å². The van der Waals surface area contributed by atoms with Crippen LogP contribution < -0.4 is 25.3 Å². The number of nitrogens with zero attached hydrogens (tertiary/aromatic N) is 4. The lowest BCUT2D eigenvalue weighted by molar-refractivity contribution is -0.118. The summed E-state index contributed by atoms with van der Waals surface area (Å²) in [6.07, 6.45) is 0. The number of carbonyl (C=O) groups excluding carboxylic acids is 3. The molecule has 0 radical (unpaired) electrons. The molecule has 0 saturated carbocycles. The van der Waals surface area contributed by atoms with Gasteiger partial charge in [0.1, 0.15) is 11.4 Å². The average Bonchev–Trinajstić information content (AvgIpc) is 3.37. The molecule has 3 N–H and O–H groups in total. The van der Waals surface area contributed by atoms with Crippen LogP contribution in [0.5, 0.6) is 5.75 Å². The van der Waals surface area contributed by atoms with Gasteiger partial charge in [-0.25, -0.2) is 4.99 Å². The van der Waals surface area contributed by atoms with Gasteiger partial charge in [0, 0.05) is 35.1 Å². The first kappa shape index (κ1) is 37.3. The standard InChI is InChI=1S/C37H35Cl3N6O5/c1-5-45(13-14-47)27-10-11-30(22(3)16-27)42-33-35(44-46(37(33)50)34-28(39)18-25(38)19-29(34)40)43-36(49)24-7-6-8-26(17-24)41-32(48)20-51-31-12-9-21(2)15-23(31)4/h6-12,15-19,47H,5,13-14,20H2,1-4H3,(H,41,48)(H,43,44,49). The molecule has 0 spiro atoms. The lowest BCUT2D eigenvalue weighted by Crippen LogP contribution is -2.37. The van der Waals surface area contributed by atoms with Gasteiger partial charge < -0.3 is 25.4 Å². The maximum absolute atomic E-state index is 13.9. The van der Waals surface area contributed by atoms with E-state index in [1.165, 1.54) is 18.2 Å². The van der Waals surface area contributed by atoms with Crippen molar-refractivity contribution in [3.8, 4) is 5.75 Å². The highest BCUT2D eigenvalue weighted by atomic mass is 35.5. The summed E-state index contributed by atoms with van der Waals surface area (Å²) in [5.74, 6) is -1.29. The SMILES string of the molecule is CCN(CCO)c1ccc(N=C2C(=O)N(c3c(Cl)cc(Cl)cc3Cl)N=C2NC(=O)c2cccc(NC(=O)COc3ccc(C)cc3C)c2)c(C)c1. The Morgan fingerprint density at radius 1 is 0.941 bits per heavy atom. The van der Waals surface area contributed by atoms with E-state index in [4.69, 9.17) is 39.5 Å². The molecule has 0 atom stereocenters. The second-order valence-corrected chi connectivity index (χ2v) is 12.9. The van der Waals surface area contributed by atoms with E-state index in [-0.39, 0.29) is 51.1 Å². The summed E-state index contributed by atoms with van der Waals surface area (Å²) in [5.41, 5.74) is 4.47. The van der Waals surface area contributed by atoms with E-state index in [1.807, 2.05) is 62.9 Å². The van der Waals surface area contributed by atoms with Gasteiger partial charge in [0.2, 0.25) is 0 Å². The van der Waals surface area contributed by atoms with E-state index < -0.39 is 17.7 Å². The molecule has 0 saturated heterocycles. The van der Waals surface area contributed by atoms with Crippen molar-refractivity contribution in [2.45, 2.75) is 27.7 Å². The molecule has 264 valence electrons. The third kappa shape index (κ3) is 8.87. The number of aliphatic hydroxyl groups is 1. The monoisotopic (exact) mass is 748 g/mol. The molecule has 1 aliphatic heterocycles. The number of ether oxygens (including phenoxy) is 1. The fourth-order valence-corrected chi connectivity index (χ4v) is 6.34. The molecule has 0 bridgehead atoms. The molecule has 0 aliphatic carbocycles. The predicted octanol–water partition coefficient (Wildman–Crippen LogP) is 7.27. The quantitative estimate of drug-likeness (QED) is 0.148. The zero-order valence-electron chi connectivity index (χ0n) is 28.3. The number of likely N-dealkylation sites (N-methyl/N-ethyl adjacent to an activating group) is 1. The topological polar surface area (TPSA) is 136 Å². The van der Waals surface area contributed by atoms with Crippen LogP contribution in [0, 0.1) is 20.8 Å². The minimum atomic E-state index is -0.694. The van der Waals surface area contributed by atoms with Crippen LogP contribution in [-0.2, 0) is 9.59 Å². The van der Waals surface area contributed by atoms with Gasteiger partial charge in [-0.3, -0.25) is 14.4 Å². The molecule has 1 heterocycles. The molecule has 0 fully saturated rings. The average molecular weight is 750 g/mol. The Balaban J connectivity index is 1.41. The number of aryl methyl sites for hydroxylation is 3. The molecular formula is C37H35Cl3N6O5. The second-order valence-electron chi connectivity index (χ2n) is 11.7. The van der Waals surface area contributed by atoms with Crippen molar-refractivity contribution in [2.24, 2.45) is 10.1 Å². The summed E-state index contributed by atoms with van der Waals surface area (Å²) < 4.78 is 5.68. The maximum atomic E-state index is 13.9. The minimum absolute atomic E-state index is 0.00590. The minimum Gasteiger partial charge on any atom is -0.483 e. The van der Waals surface area contributed by atoms with E-state index in [2.05, 4.69) is 20.7 Å².